The van der Waals surface area contributed by atoms with Crippen molar-refractivity contribution in [3.05, 3.63) is 24.3 Å². The monoisotopic (exact) mass is 179 g/mol. The second-order valence-electron chi connectivity index (χ2n) is 3.08. The van der Waals surface area contributed by atoms with Crippen molar-refractivity contribution in [1.82, 2.24) is 5.01 Å². The Morgan fingerprint density at radius 2 is 2.00 bits per heavy atom. The minimum atomic E-state index is -0.872. The molecule has 0 aromatic rings. The standard InChI is InChI=1S/C9H13N3O/c1-12(2)11-10-9(8-13)6-4-3-5-7-9/h4-8H,3H2,1-2H3. The molecule has 0 aromatic heterocycles. The summed E-state index contributed by atoms with van der Waals surface area (Å²) in [6, 6.07) is 0. The van der Waals surface area contributed by atoms with E-state index < -0.39 is 5.54 Å². The topological polar surface area (TPSA) is 45.0 Å². The lowest BCUT2D eigenvalue weighted by Gasteiger charge is -2.16. The van der Waals surface area contributed by atoms with Crippen LogP contribution in [0, 0.1) is 0 Å². The van der Waals surface area contributed by atoms with Gasteiger partial charge in [0.15, 0.2) is 11.8 Å². The average Bonchev–Trinajstić information content (AvgIpc) is 2.16. The van der Waals surface area contributed by atoms with Crippen molar-refractivity contribution in [3.63, 3.8) is 0 Å². The first-order valence-corrected chi connectivity index (χ1v) is 4.10. The molecule has 0 bridgehead atoms. The fourth-order valence-corrected chi connectivity index (χ4v) is 0.983. The predicted octanol–water partition coefficient (Wildman–Crippen LogP) is 1.37. The Morgan fingerprint density at radius 1 is 1.38 bits per heavy atom. The van der Waals surface area contributed by atoms with Crippen molar-refractivity contribution in [2.45, 2.75) is 12.0 Å². The molecule has 0 radical (unpaired) electrons. The van der Waals surface area contributed by atoms with Crippen LogP contribution in [0.15, 0.2) is 34.6 Å². The highest BCUT2D eigenvalue weighted by Gasteiger charge is 2.23. The van der Waals surface area contributed by atoms with E-state index in [1.54, 1.807) is 31.3 Å². The molecule has 0 saturated carbocycles. The smallest absolute Gasteiger partial charge is 0.175 e. The van der Waals surface area contributed by atoms with E-state index in [2.05, 4.69) is 10.3 Å². The first kappa shape index (κ1) is 9.64. The maximum Gasteiger partial charge on any atom is 0.175 e. The number of allylic oxidation sites excluding steroid dienone is 2. The number of aldehydes is 1. The van der Waals surface area contributed by atoms with Gasteiger partial charge in [0, 0.05) is 14.1 Å². The van der Waals surface area contributed by atoms with E-state index in [4.69, 9.17) is 0 Å². The summed E-state index contributed by atoms with van der Waals surface area (Å²) in [7, 11) is 3.52. The van der Waals surface area contributed by atoms with Gasteiger partial charge in [-0.3, -0.25) is 9.80 Å². The third kappa shape index (κ3) is 2.50. The lowest BCUT2D eigenvalue weighted by molar-refractivity contribution is -0.109. The van der Waals surface area contributed by atoms with Crippen molar-refractivity contribution in [2.24, 2.45) is 10.3 Å². The molecule has 1 aliphatic carbocycles. The molecule has 0 N–H and O–H groups in total. The zero-order chi connectivity index (χ0) is 9.73. The maximum absolute atomic E-state index is 10.8. The summed E-state index contributed by atoms with van der Waals surface area (Å²) in [6.45, 7) is 0. The predicted molar refractivity (Wildman–Crippen MR) is 50.2 cm³/mol. The molecule has 0 atom stereocenters. The first-order valence-electron chi connectivity index (χ1n) is 4.10. The number of carbonyl (C=O) groups is 1. The molecule has 13 heavy (non-hydrogen) atoms. The molecule has 0 saturated heterocycles. The summed E-state index contributed by atoms with van der Waals surface area (Å²) in [5.74, 6) is 0. The Balaban J connectivity index is 2.81. The third-order valence-electron chi connectivity index (χ3n) is 1.63. The Morgan fingerprint density at radius 3 is 2.46 bits per heavy atom. The van der Waals surface area contributed by atoms with Crippen LogP contribution in [0.4, 0.5) is 0 Å². The molecule has 0 heterocycles. The number of hydrogen-bond acceptors (Lipinski definition) is 3. The molecule has 0 spiro atoms. The summed E-state index contributed by atoms with van der Waals surface area (Å²) < 4.78 is 0. The molecule has 0 amide bonds. The quantitative estimate of drug-likeness (QED) is 0.284. The van der Waals surface area contributed by atoms with E-state index in [0.29, 0.717) is 0 Å². The van der Waals surface area contributed by atoms with E-state index in [0.717, 1.165) is 12.7 Å². The number of hydrogen-bond donors (Lipinski definition) is 0. The van der Waals surface area contributed by atoms with Crippen LogP contribution in [-0.2, 0) is 4.79 Å². The minimum Gasteiger partial charge on any atom is -0.300 e. The zero-order valence-corrected chi connectivity index (χ0v) is 7.84. The van der Waals surface area contributed by atoms with E-state index in [1.807, 2.05) is 12.2 Å². The van der Waals surface area contributed by atoms with Gasteiger partial charge in [-0.25, -0.2) is 0 Å². The SMILES string of the molecule is CN(C)N=NC1(C=O)C=CCC=C1. The molecule has 1 aliphatic rings. The highest BCUT2D eigenvalue weighted by atomic mass is 16.1. The summed E-state index contributed by atoms with van der Waals surface area (Å²) in [6.07, 6.45) is 8.96. The lowest BCUT2D eigenvalue weighted by atomic mass is 9.97. The minimum absolute atomic E-state index is 0.784. The van der Waals surface area contributed by atoms with Crippen molar-refractivity contribution >= 4 is 6.29 Å². The molecule has 0 fully saturated rings. The van der Waals surface area contributed by atoms with Crippen molar-refractivity contribution in [3.8, 4) is 0 Å². The van der Waals surface area contributed by atoms with Crippen LogP contribution in [0.25, 0.3) is 0 Å². The van der Waals surface area contributed by atoms with Crippen LogP contribution < -0.4 is 0 Å². The Labute approximate surface area is 77.6 Å². The lowest BCUT2D eigenvalue weighted by Crippen LogP contribution is -2.24. The van der Waals surface area contributed by atoms with E-state index in [-0.39, 0.29) is 0 Å². The van der Waals surface area contributed by atoms with E-state index in [9.17, 15) is 4.79 Å². The van der Waals surface area contributed by atoms with Gasteiger partial charge in [-0.1, -0.05) is 17.4 Å². The molecule has 0 aliphatic heterocycles. The van der Waals surface area contributed by atoms with Gasteiger partial charge >= 0.3 is 0 Å². The van der Waals surface area contributed by atoms with Crippen LogP contribution >= 0.6 is 0 Å². The number of rotatable bonds is 3. The molecular weight excluding hydrogens is 166 g/mol. The van der Waals surface area contributed by atoms with Gasteiger partial charge in [-0.05, 0) is 18.6 Å². The summed E-state index contributed by atoms with van der Waals surface area (Å²) in [5, 5.41) is 9.31. The van der Waals surface area contributed by atoms with Crippen molar-refractivity contribution in [2.75, 3.05) is 14.1 Å². The van der Waals surface area contributed by atoms with E-state index >= 15 is 0 Å². The van der Waals surface area contributed by atoms with Gasteiger partial charge in [0.05, 0.1) is 0 Å². The molecule has 70 valence electrons. The Hall–Kier alpha value is -1.45. The van der Waals surface area contributed by atoms with Crippen LogP contribution in [0.5, 0.6) is 0 Å². The maximum atomic E-state index is 10.8. The summed E-state index contributed by atoms with van der Waals surface area (Å²) in [4.78, 5) is 10.8. The van der Waals surface area contributed by atoms with Crippen LogP contribution in [0.2, 0.25) is 0 Å². The van der Waals surface area contributed by atoms with Gasteiger partial charge in [-0.15, -0.1) is 5.11 Å². The van der Waals surface area contributed by atoms with Gasteiger partial charge in [-0.2, -0.15) is 0 Å². The Kier molecular flexibility index (Phi) is 2.95. The van der Waals surface area contributed by atoms with Crippen molar-refractivity contribution < 1.29 is 4.79 Å². The van der Waals surface area contributed by atoms with Crippen molar-refractivity contribution in [1.29, 1.82) is 0 Å². The summed E-state index contributed by atoms with van der Waals surface area (Å²) in [5.41, 5.74) is -0.872. The number of nitrogens with zero attached hydrogens (tertiary/aromatic N) is 3. The fraction of sp³-hybridized carbons (Fsp3) is 0.444. The first-order chi connectivity index (χ1) is 6.18. The molecule has 1 rings (SSSR count). The summed E-state index contributed by atoms with van der Waals surface area (Å²) >= 11 is 0. The normalized spacial score (nSPS) is 19.2. The second-order valence-corrected chi connectivity index (χ2v) is 3.08. The van der Waals surface area contributed by atoms with Crippen LogP contribution in [0.1, 0.15) is 6.42 Å². The zero-order valence-electron chi connectivity index (χ0n) is 7.84. The van der Waals surface area contributed by atoms with Crippen LogP contribution in [-0.4, -0.2) is 30.9 Å². The van der Waals surface area contributed by atoms with Gasteiger partial charge < -0.3 is 0 Å². The number of carbonyl (C=O) groups excluding carboxylic acids is 1. The second kappa shape index (κ2) is 3.98. The molecule has 4 nitrogen and oxygen atoms in total. The fourth-order valence-electron chi connectivity index (χ4n) is 0.983. The molecule has 4 heteroatoms. The molecule has 0 aromatic carbocycles. The third-order valence-corrected chi connectivity index (χ3v) is 1.63. The van der Waals surface area contributed by atoms with Gasteiger partial charge in [0.2, 0.25) is 0 Å². The van der Waals surface area contributed by atoms with Gasteiger partial charge in [0.25, 0.3) is 0 Å². The molecule has 0 unspecified atom stereocenters. The van der Waals surface area contributed by atoms with E-state index in [1.165, 1.54) is 0 Å². The highest BCUT2D eigenvalue weighted by Crippen LogP contribution is 2.18. The highest BCUT2D eigenvalue weighted by molar-refractivity contribution is 5.72. The van der Waals surface area contributed by atoms with Crippen LogP contribution in [0.3, 0.4) is 0 Å². The largest absolute Gasteiger partial charge is 0.300 e. The Bertz CT molecular complexity index is 254. The molecular formula is C9H13N3O. The average molecular weight is 179 g/mol. The van der Waals surface area contributed by atoms with Gasteiger partial charge in [0.1, 0.15) is 0 Å².